The average molecular weight is 769 g/mol. The number of hydrogen-bond acceptors (Lipinski definition) is 5. The lowest BCUT2D eigenvalue weighted by molar-refractivity contribution is 0.669. The summed E-state index contributed by atoms with van der Waals surface area (Å²) in [6, 6.07) is 75.8. The van der Waals surface area contributed by atoms with Gasteiger partial charge in [-0.2, -0.15) is 0 Å². The van der Waals surface area contributed by atoms with Gasteiger partial charge >= 0.3 is 0 Å². The van der Waals surface area contributed by atoms with Gasteiger partial charge in [0.1, 0.15) is 11.2 Å². The number of rotatable bonds is 8. The summed E-state index contributed by atoms with van der Waals surface area (Å²) >= 11 is 0. The van der Waals surface area contributed by atoms with Gasteiger partial charge in [-0.1, -0.05) is 164 Å². The highest BCUT2D eigenvalue weighted by Crippen LogP contribution is 2.40. The maximum Gasteiger partial charge on any atom is 0.164 e. The van der Waals surface area contributed by atoms with Crippen LogP contribution in [-0.2, 0) is 0 Å². The summed E-state index contributed by atoms with van der Waals surface area (Å²) in [5, 5.41) is 4.51. The fraction of sp³-hybridized carbons (Fsp3) is 0. The van der Waals surface area contributed by atoms with Gasteiger partial charge in [-0.05, 0) is 81.6 Å². The fourth-order valence-electron chi connectivity index (χ4n) is 8.13. The maximum absolute atomic E-state index is 6.67. The van der Waals surface area contributed by atoms with E-state index in [4.69, 9.17) is 19.4 Å². The zero-order valence-electron chi connectivity index (χ0n) is 32.5. The summed E-state index contributed by atoms with van der Waals surface area (Å²) in [7, 11) is 0. The van der Waals surface area contributed by atoms with Gasteiger partial charge < -0.3 is 9.32 Å². The summed E-state index contributed by atoms with van der Waals surface area (Å²) < 4.78 is 6.67. The third-order valence-electron chi connectivity index (χ3n) is 11.1. The van der Waals surface area contributed by atoms with Crippen molar-refractivity contribution >= 4 is 49.8 Å². The minimum Gasteiger partial charge on any atom is -0.456 e. The Labute approximate surface area is 347 Å². The topological polar surface area (TPSA) is 55.1 Å². The number of para-hydroxylation sites is 1. The van der Waals surface area contributed by atoms with Gasteiger partial charge in [0.2, 0.25) is 0 Å². The van der Waals surface area contributed by atoms with E-state index in [9.17, 15) is 0 Å². The van der Waals surface area contributed by atoms with Crippen LogP contribution in [0.4, 0.5) is 17.1 Å². The molecule has 282 valence electrons. The number of fused-ring (bicyclic) bond motifs is 4. The quantitative estimate of drug-likeness (QED) is 0.154. The monoisotopic (exact) mass is 768 g/mol. The molecule has 11 aromatic rings. The molecule has 0 spiro atoms. The lowest BCUT2D eigenvalue weighted by Crippen LogP contribution is -2.09. The molecule has 0 aliphatic rings. The summed E-state index contributed by atoms with van der Waals surface area (Å²) in [6.45, 7) is 0. The average Bonchev–Trinajstić information content (AvgIpc) is 3.70. The molecule has 60 heavy (non-hydrogen) atoms. The lowest BCUT2D eigenvalue weighted by Gasteiger charge is -2.25. The number of aromatic nitrogens is 3. The van der Waals surface area contributed by atoms with Crippen LogP contribution < -0.4 is 4.90 Å². The van der Waals surface area contributed by atoms with E-state index in [1.807, 2.05) is 48.5 Å². The Morgan fingerprint density at radius 3 is 1.48 bits per heavy atom. The van der Waals surface area contributed by atoms with Crippen molar-refractivity contribution in [3.8, 4) is 56.4 Å². The van der Waals surface area contributed by atoms with Crippen molar-refractivity contribution in [2.75, 3.05) is 4.90 Å². The number of anilines is 3. The number of benzene rings is 9. The van der Waals surface area contributed by atoms with E-state index >= 15 is 0 Å². The predicted octanol–water partition coefficient (Wildman–Crippen LogP) is 14.7. The molecular formula is C55H36N4O. The van der Waals surface area contributed by atoms with E-state index in [1.54, 1.807) is 0 Å². The van der Waals surface area contributed by atoms with Crippen molar-refractivity contribution in [2.24, 2.45) is 0 Å². The van der Waals surface area contributed by atoms with Crippen molar-refractivity contribution in [3.05, 3.63) is 218 Å². The van der Waals surface area contributed by atoms with E-state index < -0.39 is 0 Å². The first-order valence-electron chi connectivity index (χ1n) is 20.1. The third-order valence-corrected chi connectivity index (χ3v) is 11.1. The standard InChI is InChI=1S/C55H36N4O/c1-4-13-37(14-5-1)38-27-30-45(31-28-38)59(44-19-8-3-9-20-44)46-32-34-50-49-33-29-43(35-51(49)60-52(50)36-46)55-57-53(41-16-6-2-7-17-41)56-54(58-55)42-25-23-40(24-26-42)48-22-12-18-39-15-10-11-21-47(39)48/h1-36H. The molecule has 9 aromatic carbocycles. The SMILES string of the molecule is c1ccc(-c2ccc(N(c3ccccc3)c3ccc4c(c3)oc3cc(-c5nc(-c6ccccc6)nc(-c6ccc(-c7cccc8ccccc78)cc6)n5)ccc34)cc2)cc1. The first kappa shape index (κ1) is 35.0. The number of furan rings is 1. The Kier molecular flexibility index (Phi) is 8.75. The van der Waals surface area contributed by atoms with E-state index in [1.165, 1.54) is 27.5 Å². The first-order valence-corrected chi connectivity index (χ1v) is 20.1. The zero-order valence-corrected chi connectivity index (χ0v) is 32.5. The number of hydrogen-bond donors (Lipinski definition) is 0. The smallest absolute Gasteiger partial charge is 0.164 e. The molecule has 0 saturated heterocycles. The van der Waals surface area contributed by atoms with Gasteiger partial charge in [0.25, 0.3) is 0 Å². The van der Waals surface area contributed by atoms with Crippen LogP contribution in [0.5, 0.6) is 0 Å². The van der Waals surface area contributed by atoms with Crippen molar-refractivity contribution in [2.45, 2.75) is 0 Å². The molecule has 11 rings (SSSR count). The molecule has 0 unspecified atom stereocenters. The van der Waals surface area contributed by atoms with Crippen LogP contribution in [0, 0.1) is 0 Å². The molecule has 0 fully saturated rings. The highest BCUT2D eigenvalue weighted by atomic mass is 16.3. The van der Waals surface area contributed by atoms with Crippen LogP contribution in [-0.4, -0.2) is 15.0 Å². The number of nitrogens with zero attached hydrogens (tertiary/aromatic N) is 4. The first-order chi connectivity index (χ1) is 29.7. The molecule has 0 amide bonds. The second-order valence-corrected chi connectivity index (χ2v) is 14.9. The largest absolute Gasteiger partial charge is 0.456 e. The molecule has 0 atom stereocenters. The van der Waals surface area contributed by atoms with Crippen molar-refractivity contribution in [1.82, 2.24) is 15.0 Å². The summed E-state index contributed by atoms with van der Waals surface area (Å²) in [5.74, 6) is 1.80. The molecule has 0 aliphatic heterocycles. The highest BCUT2D eigenvalue weighted by molar-refractivity contribution is 6.07. The Morgan fingerprint density at radius 2 is 0.767 bits per heavy atom. The second-order valence-electron chi connectivity index (χ2n) is 14.9. The third kappa shape index (κ3) is 6.54. The Balaban J connectivity index is 0.970. The Morgan fingerprint density at radius 1 is 0.300 bits per heavy atom. The molecule has 0 aliphatic carbocycles. The lowest BCUT2D eigenvalue weighted by atomic mass is 9.97. The molecular weight excluding hydrogens is 733 g/mol. The summed E-state index contributed by atoms with van der Waals surface area (Å²) in [6.07, 6.45) is 0. The van der Waals surface area contributed by atoms with Crippen LogP contribution in [0.3, 0.4) is 0 Å². The normalized spacial score (nSPS) is 11.3. The highest BCUT2D eigenvalue weighted by Gasteiger charge is 2.18. The maximum atomic E-state index is 6.67. The van der Waals surface area contributed by atoms with Crippen LogP contribution in [0.1, 0.15) is 0 Å². The van der Waals surface area contributed by atoms with E-state index in [0.29, 0.717) is 17.5 Å². The van der Waals surface area contributed by atoms with Crippen molar-refractivity contribution in [3.63, 3.8) is 0 Å². The van der Waals surface area contributed by atoms with Crippen LogP contribution in [0.15, 0.2) is 223 Å². The van der Waals surface area contributed by atoms with Gasteiger partial charge in [-0.15, -0.1) is 0 Å². The van der Waals surface area contributed by atoms with Gasteiger partial charge in [-0.25, -0.2) is 15.0 Å². The van der Waals surface area contributed by atoms with Crippen molar-refractivity contribution in [1.29, 1.82) is 0 Å². The van der Waals surface area contributed by atoms with Crippen LogP contribution >= 0.6 is 0 Å². The van der Waals surface area contributed by atoms with Crippen LogP contribution in [0.25, 0.3) is 89.1 Å². The summed E-state index contributed by atoms with van der Waals surface area (Å²) in [4.78, 5) is 17.3. The van der Waals surface area contributed by atoms with E-state index in [2.05, 4.69) is 175 Å². The Hall–Kier alpha value is -8.15. The molecule has 0 bridgehead atoms. The molecule has 2 heterocycles. The van der Waals surface area contributed by atoms with Gasteiger partial charge in [0.15, 0.2) is 17.5 Å². The molecule has 5 heteroatoms. The van der Waals surface area contributed by atoms with Gasteiger partial charge in [0, 0.05) is 50.6 Å². The molecule has 0 N–H and O–H groups in total. The zero-order chi connectivity index (χ0) is 39.8. The van der Waals surface area contributed by atoms with Gasteiger partial charge in [0.05, 0.1) is 0 Å². The summed E-state index contributed by atoms with van der Waals surface area (Å²) in [5.41, 5.74) is 12.1. The van der Waals surface area contributed by atoms with Crippen LogP contribution in [0.2, 0.25) is 0 Å². The van der Waals surface area contributed by atoms with E-state index in [0.717, 1.165) is 61.3 Å². The Bertz CT molecular complexity index is 3290. The fourth-order valence-corrected chi connectivity index (χ4v) is 8.13. The molecule has 2 aromatic heterocycles. The predicted molar refractivity (Wildman–Crippen MR) is 246 cm³/mol. The van der Waals surface area contributed by atoms with Gasteiger partial charge in [-0.3, -0.25) is 0 Å². The second kappa shape index (κ2) is 15.0. The molecule has 5 nitrogen and oxygen atoms in total. The minimum absolute atomic E-state index is 0.578. The molecule has 0 radical (unpaired) electrons. The van der Waals surface area contributed by atoms with Crippen molar-refractivity contribution < 1.29 is 4.42 Å². The van der Waals surface area contributed by atoms with E-state index in [-0.39, 0.29) is 0 Å². The minimum atomic E-state index is 0.578. The molecule has 0 saturated carbocycles.